The Balaban J connectivity index is 1.54. The Morgan fingerprint density at radius 1 is 1.29 bits per heavy atom. The van der Waals surface area contributed by atoms with Crippen molar-refractivity contribution in [2.45, 2.75) is 32.5 Å². The molecule has 2 N–H and O–H groups in total. The fourth-order valence-electron chi connectivity index (χ4n) is 3.33. The highest BCUT2D eigenvalue weighted by atomic mass is 19.1. The van der Waals surface area contributed by atoms with E-state index in [0.717, 1.165) is 18.9 Å². The van der Waals surface area contributed by atoms with E-state index in [0.29, 0.717) is 32.1 Å². The number of aliphatic imine (C=N–C) groups is 1. The predicted molar refractivity (Wildman–Crippen MR) is 110 cm³/mol. The SMILES string of the molecule is CCOCc1ccccc1CNC(=NC)NC1CCN(c2ncccc2F)C1. The molecule has 2 heterocycles. The summed E-state index contributed by atoms with van der Waals surface area (Å²) in [5.74, 6) is 0.871. The first-order valence-corrected chi connectivity index (χ1v) is 9.68. The average molecular weight is 385 g/mol. The maximum absolute atomic E-state index is 14.0. The molecule has 1 aliphatic rings. The zero-order valence-corrected chi connectivity index (χ0v) is 16.5. The summed E-state index contributed by atoms with van der Waals surface area (Å²) in [6, 6.07) is 11.5. The van der Waals surface area contributed by atoms with Gasteiger partial charge in [0.2, 0.25) is 0 Å². The first-order chi connectivity index (χ1) is 13.7. The molecule has 28 heavy (non-hydrogen) atoms. The third-order valence-corrected chi connectivity index (χ3v) is 4.82. The molecule has 1 unspecified atom stereocenters. The summed E-state index contributed by atoms with van der Waals surface area (Å²) in [4.78, 5) is 10.5. The molecule has 0 saturated carbocycles. The number of nitrogens with one attached hydrogen (secondary N) is 2. The molecule has 1 aromatic carbocycles. The van der Waals surface area contributed by atoms with Crippen LogP contribution in [0.5, 0.6) is 0 Å². The lowest BCUT2D eigenvalue weighted by Gasteiger charge is -2.20. The number of halogens is 1. The predicted octanol–water partition coefficient (Wildman–Crippen LogP) is 2.70. The first kappa shape index (κ1) is 20.1. The van der Waals surface area contributed by atoms with E-state index in [1.54, 1.807) is 19.3 Å². The average Bonchev–Trinajstić information content (AvgIpc) is 3.18. The summed E-state index contributed by atoms with van der Waals surface area (Å²) in [7, 11) is 1.76. The number of aromatic nitrogens is 1. The van der Waals surface area contributed by atoms with Crippen LogP contribution in [0.2, 0.25) is 0 Å². The maximum atomic E-state index is 14.0. The van der Waals surface area contributed by atoms with Gasteiger partial charge in [0.1, 0.15) is 0 Å². The van der Waals surface area contributed by atoms with Gasteiger partial charge < -0.3 is 20.3 Å². The molecule has 1 atom stereocenters. The zero-order chi connectivity index (χ0) is 19.8. The Hall–Kier alpha value is -2.67. The van der Waals surface area contributed by atoms with E-state index >= 15 is 0 Å². The molecule has 150 valence electrons. The number of hydrogen-bond donors (Lipinski definition) is 2. The number of nitrogens with zero attached hydrogens (tertiary/aromatic N) is 3. The van der Waals surface area contributed by atoms with Gasteiger partial charge in [0.15, 0.2) is 17.6 Å². The lowest BCUT2D eigenvalue weighted by molar-refractivity contribution is 0.133. The van der Waals surface area contributed by atoms with Crippen LogP contribution in [0, 0.1) is 5.82 Å². The van der Waals surface area contributed by atoms with Crippen LogP contribution in [0.3, 0.4) is 0 Å². The van der Waals surface area contributed by atoms with Gasteiger partial charge >= 0.3 is 0 Å². The normalized spacial score (nSPS) is 17.0. The van der Waals surface area contributed by atoms with Gasteiger partial charge in [0.05, 0.1) is 6.61 Å². The summed E-state index contributed by atoms with van der Waals surface area (Å²) in [6.07, 6.45) is 2.52. The molecule has 7 heteroatoms. The molecule has 1 saturated heterocycles. The van der Waals surface area contributed by atoms with E-state index in [9.17, 15) is 4.39 Å². The molecule has 0 bridgehead atoms. The van der Waals surface area contributed by atoms with Crippen LogP contribution < -0.4 is 15.5 Å². The van der Waals surface area contributed by atoms with Crippen molar-refractivity contribution in [3.05, 3.63) is 59.5 Å². The minimum Gasteiger partial charge on any atom is -0.377 e. The lowest BCUT2D eigenvalue weighted by Crippen LogP contribution is -2.44. The smallest absolute Gasteiger partial charge is 0.191 e. The number of benzene rings is 1. The number of pyridine rings is 1. The van der Waals surface area contributed by atoms with Crippen LogP contribution in [0.15, 0.2) is 47.6 Å². The summed E-state index contributed by atoms with van der Waals surface area (Å²) in [6.45, 7) is 5.41. The number of ether oxygens (including phenoxy) is 1. The van der Waals surface area contributed by atoms with E-state index in [2.05, 4.69) is 32.7 Å². The number of guanidine groups is 1. The third-order valence-electron chi connectivity index (χ3n) is 4.82. The topological polar surface area (TPSA) is 61.8 Å². The number of rotatable bonds is 7. The Bertz CT molecular complexity index is 798. The largest absolute Gasteiger partial charge is 0.377 e. The quantitative estimate of drug-likeness (QED) is 0.567. The van der Waals surface area contributed by atoms with Crippen molar-refractivity contribution in [3.8, 4) is 0 Å². The third kappa shape index (κ3) is 5.19. The van der Waals surface area contributed by atoms with Crippen molar-refractivity contribution in [2.75, 3.05) is 31.6 Å². The lowest BCUT2D eigenvalue weighted by atomic mass is 10.1. The molecule has 1 fully saturated rings. The van der Waals surface area contributed by atoms with Gasteiger partial charge in [-0.2, -0.15) is 0 Å². The van der Waals surface area contributed by atoms with Gasteiger partial charge in [0, 0.05) is 45.5 Å². The highest BCUT2D eigenvalue weighted by molar-refractivity contribution is 5.80. The van der Waals surface area contributed by atoms with Crippen LogP contribution in [0.25, 0.3) is 0 Å². The van der Waals surface area contributed by atoms with Gasteiger partial charge in [-0.15, -0.1) is 0 Å². The van der Waals surface area contributed by atoms with Gasteiger partial charge in [-0.1, -0.05) is 24.3 Å². The van der Waals surface area contributed by atoms with Crippen LogP contribution >= 0.6 is 0 Å². The van der Waals surface area contributed by atoms with E-state index in [-0.39, 0.29) is 11.9 Å². The fourth-order valence-corrected chi connectivity index (χ4v) is 3.33. The van der Waals surface area contributed by atoms with Crippen molar-refractivity contribution in [3.63, 3.8) is 0 Å². The summed E-state index contributed by atoms with van der Waals surface area (Å²) >= 11 is 0. The molecular formula is C21H28FN5O. The Labute approximate surface area is 165 Å². The Kier molecular flexibility index (Phi) is 7.19. The molecule has 1 aromatic heterocycles. The Morgan fingerprint density at radius 2 is 2.11 bits per heavy atom. The minimum atomic E-state index is -0.281. The first-order valence-electron chi connectivity index (χ1n) is 9.68. The van der Waals surface area contributed by atoms with Gasteiger partial charge in [-0.3, -0.25) is 4.99 Å². The van der Waals surface area contributed by atoms with E-state index < -0.39 is 0 Å². The second kappa shape index (κ2) is 10.0. The second-order valence-corrected chi connectivity index (χ2v) is 6.72. The molecule has 1 aliphatic heterocycles. The Morgan fingerprint density at radius 3 is 2.86 bits per heavy atom. The van der Waals surface area contributed by atoms with Crippen molar-refractivity contribution in [2.24, 2.45) is 4.99 Å². The van der Waals surface area contributed by atoms with Crippen LogP contribution in [0.4, 0.5) is 10.2 Å². The molecule has 0 radical (unpaired) electrons. The number of anilines is 1. The highest BCUT2D eigenvalue weighted by Crippen LogP contribution is 2.20. The molecule has 3 rings (SSSR count). The van der Waals surface area contributed by atoms with E-state index in [1.165, 1.54) is 17.2 Å². The fraction of sp³-hybridized carbons (Fsp3) is 0.429. The van der Waals surface area contributed by atoms with Crippen LogP contribution in [-0.4, -0.2) is 43.7 Å². The van der Waals surface area contributed by atoms with Gasteiger partial charge in [-0.05, 0) is 36.6 Å². The summed E-state index contributed by atoms with van der Waals surface area (Å²) in [5.41, 5.74) is 2.35. The molecule has 0 amide bonds. The van der Waals surface area contributed by atoms with Crippen LogP contribution in [0.1, 0.15) is 24.5 Å². The van der Waals surface area contributed by atoms with Crippen molar-refractivity contribution in [1.82, 2.24) is 15.6 Å². The van der Waals surface area contributed by atoms with Gasteiger partial charge in [-0.25, -0.2) is 9.37 Å². The van der Waals surface area contributed by atoms with E-state index in [4.69, 9.17) is 4.74 Å². The van der Waals surface area contributed by atoms with Crippen molar-refractivity contribution >= 4 is 11.8 Å². The monoisotopic (exact) mass is 385 g/mol. The van der Waals surface area contributed by atoms with Crippen molar-refractivity contribution in [1.29, 1.82) is 0 Å². The zero-order valence-electron chi connectivity index (χ0n) is 16.5. The summed E-state index contributed by atoms with van der Waals surface area (Å²) in [5, 5.41) is 6.80. The minimum absolute atomic E-state index is 0.186. The molecule has 6 nitrogen and oxygen atoms in total. The standard InChI is InChI=1S/C21H28FN5O/c1-3-28-15-17-8-5-4-7-16(17)13-25-21(23-2)26-18-10-12-27(14-18)20-19(22)9-6-11-24-20/h4-9,11,18H,3,10,12-15H2,1-2H3,(H2,23,25,26). The highest BCUT2D eigenvalue weighted by Gasteiger charge is 2.25. The molecule has 0 spiro atoms. The summed E-state index contributed by atoms with van der Waals surface area (Å²) < 4.78 is 19.5. The van der Waals surface area contributed by atoms with Crippen LogP contribution in [-0.2, 0) is 17.9 Å². The van der Waals surface area contributed by atoms with E-state index in [1.807, 2.05) is 24.0 Å². The molecule has 2 aromatic rings. The number of hydrogen-bond acceptors (Lipinski definition) is 4. The maximum Gasteiger partial charge on any atom is 0.191 e. The van der Waals surface area contributed by atoms with Crippen molar-refractivity contribution < 1.29 is 9.13 Å². The molecule has 0 aliphatic carbocycles. The van der Waals surface area contributed by atoms with Gasteiger partial charge in [0.25, 0.3) is 0 Å². The second-order valence-electron chi connectivity index (χ2n) is 6.72. The molecular weight excluding hydrogens is 357 g/mol.